The average molecular weight is 270 g/mol. The fourth-order valence-corrected chi connectivity index (χ4v) is 1.10. The minimum absolute atomic E-state index is 0. The first kappa shape index (κ1) is 22.4. The first-order chi connectivity index (χ1) is 7.36. The van der Waals surface area contributed by atoms with E-state index in [-0.39, 0.29) is 49.6 Å². The number of carboxylic acid groups (broad SMARTS) is 2. The SMILES string of the molecule is CCCC(C)C(=O)[O-].CCCC(C)C(=O)[O-].[Ca+2]. The van der Waals surface area contributed by atoms with Crippen LogP contribution in [0.2, 0.25) is 0 Å². The van der Waals surface area contributed by atoms with E-state index in [1.807, 2.05) is 13.8 Å². The van der Waals surface area contributed by atoms with Gasteiger partial charge in [-0.1, -0.05) is 40.5 Å². The summed E-state index contributed by atoms with van der Waals surface area (Å²) in [6.45, 7) is 7.25. The van der Waals surface area contributed by atoms with Gasteiger partial charge in [-0.2, -0.15) is 0 Å². The molecule has 0 aromatic carbocycles. The number of carbonyl (C=O) groups excluding carboxylic acids is 2. The van der Waals surface area contributed by atoms with E-state index < -0.39 is 11.9 Å². The number of rotatable bonds is 6. The summed E-state index contributed by atoms with van der Waals surface area (Å²) in [6.07, 6.45) is 3.27. The topological polar surface area (TPSA) is 80.3 Å². The maximum absolute atomic E-state index is 9.98. The zero-order valence-corrected chi connectivity index (χ0v) is 13.5. The van der Waals surface area contributed by atoms with Gasteiger partial charge in [-0.25, -0.2) is 0 Å². The van der Waals surface area contributed by atoms with Crippen LogP contribution >= 0.6 is 0 Å². The van der Waals surface area contributed by atoms with E-state index in [4.69, 9.17) is 0 Å². The van der Waals surface area contributed by atoms with Crippen molar-refractivity contribution in [2.24, 2.45) is 11.8 Å². The van der Waals surface area contributed by atoms with Crippen molar-refractivity contribution >= 4 is 49.7 Å². The second-order valence-corrected chi connectivity index (χ2v) is 4.02. The summed E-state index contributed by atoms with van der Waals surface area (Å²) in [5, 5.41) is 20.0. The number of carbonyl (C=O) groups is 2. The van der Waals surface area contributed by atoms with Crippen molar-refractivity contribution in [3.63, 3.8) is 0 Å². The molecule has 96 valence electrons. The number of hydrogen-bond acceptors (Lipinski definition) is 4. The van der Waals surface area contributed by atoms with Crippen molar-refractivity contribution in [2.45, 2.75) is 53.4 Å². The Bertz CT molecular complexity index is 185. The standard InChI is InChI=1S/2C6H12O2.Ca/c2*1-3-4-5(2)6(7)8;/h2*5H,3-4H2,1-2H3,(H,7,8);/q;;+2/p-2. The molecule has 0 amide bonds. The molecule has 0 aromatic heterocycles. The molecule has 2 atom stereocenters. The molecule has 17 heavy (non-hydrogen) atoms. The van der Waals surface area contributed by atoms with Gasteiger partial charge in [-0.05, 0) is 24.7 Å². The Balaban J connectivity index is -0.000000218. The Morgan fingerprint density at radius 1 is 0.882 bits per heavy atom. The van der Waals surface area contributed by atoms with Crippen LogP contribution in [0.25, 0.3) is 0 Å². The van der Waals surface area contributed by atoms with Crippen molar-refractivity contribution in [3.05, 3.63) is 0 Å². The van der Waals surface area contributed by atoms with Crippen LogP contribution in [0.1, 0.15) is 53.4 Å². The minimum Gasteiger partial charge on any atom is -0.550 e. The first-order valence-corrected chi connectivity index (χ1v) is 5.78. The maximum atomic E-state index is 9.98. The molecule has 0 radical (unpaired) electrons. The Kier molecular flexibility index (Phi) is 18.8. The predicted octanol–water partition coefficient (Wildman–Crippen LogP) is -0.0358. The molecule has 0 fully saturated rings. The summed E-state index contributed by atoms with van der Waals surface area (Å²) in [6, 6.07) is 0. The van der Waals surface area contributed by atoms with E-state index in [2.05, 4.69) is 0 Å². The van der Waals surface area contributed by atoms with Crippen molar-refractivity contribution in [1.82, 2.24) is 0 Å². The third kappa shape index (κ3) is 16.2. The molecule has 0 aliphatic heterocycles. The second-order valence-electron chi connectivity index (χ2n) is 4.02. The van der Waals surface area contributed by atoms with E-state index in [9.17, 15) is 19.8 Å². The van der Waals surface area contributed by atoms with Gasteiger partial charge < -0.3 is 19.8 Å². The van der Waals surface area contributed by atoms with E-state index >= 15 is 0 Å². The summed E-state index contributed by atoms with van der Waals surface area (Å²) in [5.74, 6) is -2.43. The molecule has 2 unspecified atom stereocenters. The first-order valence-electron chi connectivity index (χ1n) is 5.78. The van der Waals surface area contributed by atoms with Gasteiger partial charge in [-0.3, -0.25) is 0 Å². The third-order valence-corrected chi connectivity index (χ3v) is 2.25. The monoisotopic (exact) mass is 270 g/mol. The Hall–Kier alpha value is 0.200. The third-order valence-electron chi connectivity index (χ3n) is 2.25. The van der Waals surface area contributed by atoms with E-state index in [1.54, 1.807) is 13.8 Å². The molecule has 0 aliphatic rings. The molecule has 0 aliphatic carbocycles. The van der Waals surface area contributed by atoms with Crippen LogP contribution in [0.5, 0.6) is 0 Å². The predicted molar refractivity (Wildman–Crippen MR) is 63.9 cm³/mol. The van der Waals surface area contributed by atoms with E-state index in [0.29, 0.717) is 0 Å². The van der Waals surface area contributed by atoms with Crippen LogP contribution < -0.4 is 10.2 Å². The van der Waals surface area contributed by atoms with Gasteiger partial charge in [0.1, 0.15) is 0 Å². The molecule has 0 aromatic rings. The van der Waals surface area contributed by atoms with Gasteiger partial charge in [0.05, 0.1) is 0 Å². The van der Waals surface area contributed by atoms with Gasteiger partial charge in [0.25, 0.3) is 0 Å². The van der Waals surface area contributed by atoms with Crippen LogP contribution in [0.3, 0.4) is 0 Å². The van der Waals surface area contributed by atoms with E-state index in [1.165, 1.54) is 0 Å². The molecule has 4 nitrogen and oxygen atoms in total. The second kappa shape index (κ2) is 14.3. The summed E-state index contributed by atoms with van der Waals surface area (Å²) in [7, 11) is 0. The van der Waals surface area contributed by atoms with Crippen LogP contribution in [-0.4, -0.2) is 49.7 Å². The molecule has 5 heteroatoms. The number of hydrogen-bond donors (Lipinski definition) is 0. The maximum Gasteiger partial charge on any atom is 2.00 e. The van der Waals surface area contributed by atoms with Crippen LogP contribution in [-0.2, 0) is 9.59 Å². The Labute approximate surface area is 134 Å². The molecule has 0 bridgehead atoms. The fraction of sp³-hybridized carbons (Fsp3) is 0.833. The quantitative estimate of drug-likeness (QED) is 0.634. The summed E-state index contributed by atoms with van der Waals surface area (Å²) in [4.78, 5) is 20.0. The Morgan fingerprint density at radius 3 is 1.18 bits per heavy atom. The summed E-state index contributed by atoms with van der Waals surface area (Å²) < 4.78 is 0. The molecule has 0 saturated heterocycles. The zero-order valence-electron chi connectivity index (χ0n) is 11.3. The molecular weight excluding hydrogens is 248 g/mol. The number of carboxylic acids is 2. The van der Waals surface area contributed by atoms with Crippen LogP contribution in [0, 0.1) is 11.8 Å². The van der Waals surface area contributed by atoms with Crippen molar-refractivity contribution in [1.29, 1.82) is 0 Å². The van der Waals surface area contributed by atoms with Crippen molar-refractivity contribution < 1.29 is 19.8 Å². The molecule has 0 N–H and O–H groups in total. The summed E-state index contributed by atoms with van der Waals surface area (Å²) in [5.41, 5.74) is 0. The largest absolute Gasteiger partial charge is 2.00 e. The van der Waals surface area contributed by atoms with Crippen LogP contribution in [0.4, 0.5) is 0 Å². The van der Waals surface area contributed by atoms with Crippen molar-refractivity contribution in [2.75, 3.05) is 0 Å². The van der Waals surface area contributed by atoms with Gasteiger partial charge in [0.2, 0.25) is 0 Å². The van der Waals surface area contributed by atoms with Gasteiger partial charge in [-0.15, -0.1) is 0 Å². The molecular formula is C12H22CaO4. The smallest absolute Gasteiger partial charge is 0.550 e. The molecule has 0 saturated carbocycles. The van der Waals surface area contributed by atoms with Gasteiger partial charge in [0.15, 0.2) is 0 Å². The van der Waals surface area contributed by atoms with Gasteiger partial charge in [0, 0.05) is 11.9 Å². The summed E-state index contributed by atoms with van der Waals surface area (Å²) >= 11 is 0. The number of aliphatic carboxylic acids is 2. The van der Waals surface area contributed by atoms with E-state index in [0.717, 1.165) is 25.7 Å². The Morgan fingerprint density at radius 2 is 1.12 bits per heavy atom. The zero-order chi connectivity index (χ0) is 13.1. The normalized spacial score (nSPS) is 12.5. The fourth-order valence-electron chi connectivity index (χ4n) is 1.10. The van der Waals surface area contributed by atoms with Crippen LogP contribution in [0.15, 0.2) is 0 Å². The van der Waals surface area contributed by atoms with Crippen molar-refractivity contribution in [3.8, 4) is 0 Å². The molecule has 0 heterocycles. The minimum atomic E-state index is -0.938. The molecule has 0 rings (SSSR count). The average Bonchev–Trinajstić information content (AvgIpc) is 2.19. The molecule has 0 spiro atoms. The van der Waals surface area contributed by atoms with Gasteiger partial charge >= 0.3 is 37.7 Å².